The molecule has 0 bridgehead atoms. The number of hydrogen-bond donors (Lipinski definition) is 1. The van der Waals surface area contributed by atoms with Crippen LogP contribution in [0.15, 0.2) is 6.20 Å². The molecule has 1 heterocycles. The largest absolute Gasteiger partial charge is 0.573 e. The number of halogens is 5. The molecule has 0 aliphatic heterocycles. The Bertz CT molecular complexity index is 449. The number of carbonyl (C=O) groups is 1. The average Bonchev–Trinajstić information content (AvgIpc) is 2.18. The number of nitrogens with zero attached hydrogens (tertiary/aromatic N) is 1. The van der Waals surface area contributed by atoms with Crippen molar-refractivity contribution in [2.24, 2.45) is 0 Å². The quantitative estimate of drug-likeness (QED) is 0.661. The van der Waals surface area contributed by atoms with Crippen molar-refractivity contribution in [1.82, 2.24) is 4.98 Å². The number of carboxylic acids is 1. The van der Waals surface area contributed by atoms with Crippen LogP contribution in [0.25, 0.3) is 0 Å². The van der Waals surface area contributed by atoms with Gasteiger partial charge in [-0.1, -0.05) is 0 Å². The second-order valence-electron chi connectivity index (χ2n) is 2.75. The van der Waals surface area contributed by atoms with Crippen LogP contribution in [0.3, 0.4) is 0 Å². The summed E-state index contributed by atoms with van der Waals surface area (Å²) in [5.41, 5.74) is -1.08. The third-order valence-electron chi connectivity index (χ3n) is 1.62. The molecule has 0 amide bonds. The van der Waals surface area contributed by atoms with E-state index < -0.39 is 30.3 Å². The average molecular weight is 365 g/mol. The number of aromatic nitrogens is 1. The molecule has 1 aromatic rings. The molecule has 4 nitrogen and oxygen atoms in total. The first kappa shape index (κ1) is 13.9. The highest BCUT2D eigenvalue weighted by Crippen LogP contribution is 2.32. The van der Waals surface area contributed by atoms with E-state index >= 15 is 0 Å². The summed E-state index contributed by atoms with van der Waals surface area (Å²) >= 11 is 1.35. The van der Waals surface area contributed by atoms with Crippen molar-refractivity contribution in [1.29, 1.82) is 0 Å². The van der Waals surface area contributed by atoms with Gasteiger partial charge < -0.3 is 9.84 Å². The molecule has 0 aromatic carbocycles. The first-order valence-electron chi connectivity index (χ1n) is 3.98. The molecule has 0 atom stereocenters. The molecule has 0 saturated heterocycles. The zero-order valence-corrected chi connectivity index (χ0v) is 10.0. The van der Waals surface area contributed by atoms with Gasteiger partial charge >= 0.3 is 12.3 Å². The summed E-state index contributed by atoms with van der Waals surface area (Å²) in [4.78, 5) is 14.1. The highest BCUT2D eigenvalue weighted by Gasteiger charge is 2.35. The van der Waals surface area contributed by atoms with Gasteiger partial charge in [-0.25, -0.2) is 9.18 Å². The Morgan fingerprint density at radius 2 is 2.12 bits per heavy atom. The van der Waals surface area contributed by atoms with Crippen molar-refractivity contribution < 1.29 is 32.2 Å². The first-order valence-corrected chi connectivity index (χ1v) is 5.06. The molecule has 0 saturated carbocycles. The molecule has 9 heteroatoms. The Kier molecular flexibility index (Phi) is 4.11. The Labute approximate surface area is 106 Å². The van der Waals surface area contributed by atoms with Gasteiger partial charge in [0.15, 0.2) is 5.75 Å². The van der Waals surface area contributed by atoms with Crippen molar-refractivity contribution >= 4 is 28.6 Å². The van der Waals surface area contributed by atoms with E-state index in [4.69, 9.17) is 5.11 Å². The lowest BCUT2D eigenvalue weighted by Crippen LogP contribution is -2.20. The topological polar surface area (TPSA) is 59.4 Å². The van der Waals surface area contributed by atoms with Crippen molar-refractivity contribution in [2.45, 2.75) is 13.0 Å². The standard InChI is InChI=1S/C8H4F4INO3/c9-1-4-5(13)6(17-8(10,11)12)3(2-14-4)7(15)16/h2H,1H2,(H,15,16). The third-order valence-corrected chi connectivity index (χ3v) is 2.73. The Morgan fingerprint density at radius 3 is 2.53 bits per heavy atom. The molecule has 0 aliphatic rings. The van der Waals surface area contributed by atoms with Crippen LogP contribution in [0, 0.1) is 3.57 Å². The predicted molar refractivity (Wildman–Crippen MR) is 55.4 cm³/mol. The third kappa shape index (κ3) is 3.41. The fraction of sp³-hybridized carbons (Fsp3) is 0.250. The minimum atomic E-state index is -5.06. The van der Waals surface area contributed by atoms with Gasteiger partial charge in [0.2, 0.25) is 0 Å². The molecule has 0 aliphatic carbocycles. The summed E-state index contributed by atoms with van der Waals surface area (Å²) in [6.07, 6.45) is -4.43. The molecule has 17 heavy (non-hydrogen) atoms. The number of carboxylic acid groups (broad SMARTS) is 1. The van der Waals surface area contributed by atoms with E-state index in [1.54, 1.807) is 0 Å². The maximum absolute atomic E-state index is 12.4. The summed E-state index contributed by atoms with van der Waals surface area (Å²) in [6, 6.07) is 0. The second-order valence-corrected chi connectivity index (χ2v) is 3.83. The molecule has 0 radical (unpaired) electrons. The highest BCUT2D eigenvalue weighted by molar-refractivity contribution is 14.1. The number of pyridine rings is 1. The monoisotopic (exact) mass is 365 g/mol. The molecule has 0 spiro atoms. The molecule has 1 N–H and O–H groups in total. The van der Waals surface area contributed by atoms with Gasteiger partial charge in [0.1, 0.15) is 12.2 Å². The van der Waals surface area contributed by atoms with Crippen LogP contribution < -0.4 is 4.74 Å². The minimum Gasteiger partial charge on any atom is -0.477 e. The van der Waals surface area contributed by atoms with Gasteiger partial charge in [-0.05, 0) is 22.6 Å². The lowest BCUT2D eigenvalue weighted by molar-refractivity contribution is -0.275. The number of alkyl halides is 4. The van der Waals surface area contributed by atoms with Gasteiger partial charge in [-0.2, -0.15) is 0 Å². The van der Waals surface area contributed by atoms with Crippen molar-refractivity contribution in [2.75, 3.05) is 0 Å². The van der Waals surface area contributed by atoms with Gasteiger partial charge in [0.05, 0.1) is 9.26 Å². The lowest BCUT2D eigenvalue weighted by atomic mass is 10.2. The maximum atomic E-state index is 12.4. The first-order chi connectivity index (χ1) is 7.76. The maximum Gasteiger partial charge on any atom is 0.573 e. The van der Waals surface area contributed by atoms with Gasteiger partial charge in [-0.15, -0.1) is 13.2 Å². The Hall–Kier alpha value is -1.13. The smallest absolute Gasteiger partial charge is 0.477 e. The van der Waals surface area contributed by atoms with Crippen LogP contribution in [0.2, 0.25) is 0 Å². The van der Waals surface area contributed by atoms with Gasteiger partial charge in [0.25, 0.3) is 0 Å². The van der Waals surface area contributed by atoms with Crippen LogP contribution in [0.1, 0.15) is 16.1 Å². The van der Waals surface area contributed by atoms with Gasteiger partial charge in [-0.3, -0.25) is 4.98 Å². The molecule has 0 unspecified atom stereocenters. The van der Waals surface area contributed by atoms with E-state index in [-0.39, 0.29) is 9.26 Å². The lowest BCUT2D eigenvalue weighted by Gasteiger charge is -2.13. The number of rotatable bonds is 3. The molecule has 1 aromatic heterocycles. The zero-order valence-electron chi connectivity index (χ0n) is 7.89. The van der Waals surface area contributed by atoms with E-state index in [0.29, 0.717) is 6.20 Å². The SMILES string of the molecule is O=C(O)c1cnc(CF)c(I)c1OC(F)(F)F. The van der Waals surface area contributed by atoms with E-state index in [9.17, 15) is 22.4 Å². The summed E-state index contributed by atoms with van der Waals surface area (Å²) in [7, 11) is 0. The van der Waals surface area contributed by atoms with Gasteiger partial charge in [0, 0.05) is 6.20 Å². The Morgan fingerprint density at radius 1 is 1.53 bits per heavy atom. The molecular formula is C8H4F4INO3. The number of aromatic carboxylic acids is 1. The van der Waals surface area contributed by atoms with Crippen LogP contribution in [-0.4, -0.2) is 22.4 Å². The summed E-state index contributed by atoms with van der Waals surface area (Å²) < 4.78 is 51.8. The minimum absolute atomic E-state index is 0.310. The summed E-state index contributed by atoms with van der Waals surface area (Å²) in [5.74, 6) is -2.59. The van der Waals surface area contributed by atoms with E-state index in [1.165, 1.54) is 22.6 Å². The van der Waals surface area contributed by atoms with E-state index in [2.05, 4.69) is 9.72 Å². The Balaban J connectivity index is 3.35. The highest BCUT2D eigenvalue weighted by atomic mass is 127. The summed E-state index contributed by atoms with van der Waals surface area (Å²) in [6.45, 7) is -1.12. The predicted octanol–water partition coefficient (Wildman–Crippen LogP) is 2.75. The van der Waals surface area contributed by atoms with Crippen LogP contribution in [-0.2, 0) is 6.67 Å². The molecular weight excluding hydrogens is 361 g/mol. The number of ether oxygens (including phenoxy) is 1. The van der Waals surface area contributed by atoms with Crippen molar-refractivity contribution in [3.63, 3.8) is 0 Å². The van der Waals surface area contributed by atoms with Crippen molar-refractivity contribution in [3.05, 3.63) is 21.0 Å². The van der Waals surface area contributed by atoms with E-state index in [1.807, 2.05) is 0 Å². The normalized spacial score (nSPS) is 11.4. The second kappa shape index (κ2) is 5.02. The zero-order chi connectivity index (χ0) is 13.2. The fourth-order valence-electron chi connectivity index (χ4n) is 0.968. The van der Waals surface area contributed by atoms with Crippen LogP contribution in [0.4, 0.5) is 17.6 Å². The van der Waals surface area contributed by atoms with Crippen LogP contribution >= 0.6 is 22.6 Å². The molecule has 1 rings (SSSR count). The molecule has 0 fully saturated rings. The molecule has 94 valence electrons. The number of hydrogen-bond acceptors (Lipinski definition) is 3. The van der Waals surface area contributed by atoms with E-state index in [0.717, 1.165) is 0 Å². The summed E-state index contributed by atoms with van der Waals surface area (Å²) in [5, 5.41) is 8.67. The van der Waals surface area contributed by atoms with Crippen molar-refractivity contribution in [3.8, 4) is 5.75 Å². The van der Waals surface area contributed by atoms with Crippen LogP contribution in [0.5, 0.6) is 5.75 Å². The fourth-order valence-corrected chi connectivity index (χ4v) is 1.65.